The molecule has 0 fully saturated rings. The summed E-state index contributed by atoms with van der Waals surface area (Å²) in [5.41, 5.74) is 13.9. The number of aromatic amines is 1. The summed E-state index contributed by atoms with van der Waals surface area (Å²) in [6.07, 6.45) is 0.332. The molecule has 1 aromatic heterocycles. The van der Waals surface area contributed by atoms with E-state index < -0.39 is 23.9 Å². The second kappa shape index (κ2) is 8.41. The van der Waals surface area contributed by atoms with Gasteiger partial charge < -0.3 is 27.1 Å². The van der Waals surface area contributed by atoms with Gasteiger partial charge in [0.25, 0.3) is 5.91 Å². The van der Waals surface area contributed by atoms with Gasteiger partial charge in [-0.1, -0.05) is 35.9 Å². The topological polar surface area (TPSA) is 143 Å². The molecule has 0 saturated heterocycles. The molecule has 3 aromatic rings. The molecule has 1 aliphatic rings. The fraction of sp³-hybridized carbons (Fsp3) is 0.227. The van der Waals surface area contributed by atoms with Crippen molar-refractivity contribution < 1.29 is 14.4 Å². The Balaban J connectivity index is 1.53. The third kappa shape index (κ3) is 4.40. The largest absolute Gasteiger partial charge is 0.368 e. The van der Waals surface area contributed by atoms with E-state index in [4.69, 9.17) is 23.1 Å². The number of nitrogens with one attached hydrogen (secondary N) is 3. The Morgan fingerprint density at radius 2 is 1.90 bits per heavy atom. The monoisotopic (exact) mass is 439 g/mol. The van der Waals surface area contributed by atoms with Crippen molar-refractivity contribution in [3.05, 3.63) is 70.4 Å². The van der Waals surface area contributed by atoms with Crippen LogP contribution in [-0.4, -0.2) is 34.8 Å². The van der Waals surface area contributed by atoms with E-state index in [2.05, 4.69) is 15.6 Å². The van der Waals surface area contributed by atoms with Gasteiger partial charge in [-0.15, -0.1) is 0 Å². The third-order valence-electron chi connectivity index (χ3n) is 5.46. The smallest absolute Gasteiger partial charge is 0.268 e. The summed E-state index contributed by atoms with van der Waals surface area (Å²) in [5.74, 6) is -1.45. The lowest BCUT2D eigenvalue weighted by Crippen LogP contribution is -2.46. The fourth-order valence-corrected chi connectivity index (χ4v) is 4.09. The highest BCUT2D eigenvalue weighted by molar-refractivity contribution is 6.31. The number of carbonyl (C=O) groups is 3. The van der Waals surface area contributed by atoms with Gasteiger partial charge in [0, 0.05) is 15.9 Å². The van der Waals surface area contributed by atoms with E-state index in [-0.39, 0.29) is 18.4 Å². The van der Waals surface area contributed by atoms with Crippen LogP contribution in [0, 0.1) is 0 Å². The van der Waals surface area contributed by atoms with Gasteiger partial charge in [-0.05, 0) is 41.8 Å². The van der Waals surface area contributed by atoms with E-state index in [0.717, 1.165) is 22.0 Å². The van der Waals surface area contributed by atoms with Gasteiger partial charge >= 0.3 is 0 Å². The van der Waals surface area contributed by atoms with Crippen LogP contribution in [0.25, 0.3) is 10.9 Å². The molecule has 3 atom stereocenters. The highest BCUT2D eigenvalue weighted by Gasteiger charge is 2.35. The number of primary amides is 1. The average molecular weight is 440 g/mol. The first kappa shape index (κ1) is 20.9. The molecule has 0 unspecified atom stereocenters. The molecular formula is C22H22ClN5O3. The molecule has 9 heteroatoms. The molecule has 31 heavy (non-hydrogen) atoms. The third-order valence-corrected chi connectivity index (χ3v) is 5.70. The predicted molar refractivity (Wildman–Crippen MR) is 117 cm³/mol. The van der Waals surface area contributed by atoms with Crippen LogP contribution in [0.2, 0.25) is 5.02 Å². The number of hydrogen-bond acceptors (Lipinski definition) is 4. The Morgan fingerprint density at radius 1 is 1.13 bits per heavy atom. The number of H-pyrrole nitrogens is 1. The van der Waals surface area contributed by atoms with E-state index in [9.17, 15) is 14.4 Å². The molecule has 1 aliphatic carbocycles. The van der Waals surface area contributed by atoms with Crippen molar-refractivity contribution in [2.45, 2.75) is 31.0 Å². The van der Waals surface area contributed by atoms with Gasteiger partial charge in [0.05, 0.1) is 24.5 Å². The lowest BCUT2D eigenvalue weighted by molar-refractivity contribution is -0.126. The first-order chi connectivity index (χ1) is 14.8. The van der Waals surface area contributed by atoms with Crippen LogP contribution in [0.3, 0.4) is 0 Å². The number of benzene rings is 2. The lowest BCUT2D eigenvalue weighted by Gasteiger charge is -2.23. The number of rotatable bonds is 6. The minimum Gasteiger partial charge on any atom is -0.368 e. The summed E-state index contributed by atoms with van der Waals surface area (Å²) >= 11 is 6.03. The van der Waals surface area contributed by atoms with Crippen molar-refractivity contribution in [1.29, 1.82) is 0 Å². The highest BCUT2D eigenvalue weighted by Crippen LogP contribution is 2.32. The second-order valence-electron chi connectivity index (χ2n) is 7.66. The quantitative estimate of drug-likeness (QED) is 0.397. The molecule has 1 heterocycles. The molecule has 0 radical (unpaired) electrons. The molecule has 0 aliphatic heterocycles. The minimum atomic E-state index is -1.07. The predicted octanol–water partition coefficient (Wildman–Crippen LogP) is 1.54. The van der Waals surface area contributed by atoms with E-state index in [1.54, 1.807) is 18.2 Å². The summed E-state index contributed by atoms with van der Waals surface area (Å²) in [4.78, 5) is 39.6. The van der Waals surface area contributed by atoms with Crippen LogP contribution in [0.4, 0.5) is 0 Å². The van der Waals surface area contributed by atoms with Crippen molar-refractivity contribution in [3.63, 3.8) is 0 Å². The summed E-state index contributed by atoms with van der Waals surface area (Å²) in [5, 5.41) is 7.32. The van der Waals surface area contributed by atoms with Gasteiger partial charge in [-0.2, -0.15) is 0 Å². The van der Waals surface area contributed by atoms with Gasteiger partial charge in [-0.25, -0.2) is 0 Å². The van der Waals surface area contributed by atoms with E-state index in [1.165, 1.54) is 0 Å². The molecule has 4 rings (SSSR count). The van der Waals surface area contributed by atoms with Crippen molar-refractivity contribution in [2.75, 3.05) is 0 Å². The molecule has 0 bridgehead atoms. The highest BCUT2D eigenvalue weighted by atomic mass is 35.5. The number of fused-ring (bicyclic) bond motifs is 2. The van der Waals surface area contributed by atoms with Crippen molar-refractivity contribution in [1.82, 2.24) is 15.6 Å². The zero-order valence-electron chi connectivity index (χ0n) is 16.5. The summed E-state index contributed by atoms with van der Waals surface area (Å²) < 4.78 is 0. The van der Waals surface area contributed by atoms with Gasteiger partial charge in [0.15, 0.2) is 0 Å². The number of amides is 3. The lowest BCUT2D eigenvalue weighted by atomic mass is 10.1. The standard InChI is InChI=1S/C22H22ClN5O3/c23-13-5-6-16-12(7-13)9-18(26-16)22(31)27-17-8-11-3-1-2-4-14(11)20(17)28-19(29)10-15(24)21(25)30/h1-7,9,15,17,20,26H,8,10,24H2,(H2,25,30)(H,27,31)(H,28,29)/t15-,17-,20+/m1/s1. The van der Waals surface area contributed by atoms with E-state index >= 15 is 0 Å². The van der Waals surface area contributed by atoms with Crippen LogP contribution in [0.5, 0.6) is 0 Å². The van der Waals surface area contributed by atoms with Crippen molar-refractivity contribution in [2.24, 2.45) is 11.5 Å². The maximum absolute atomic E-state index is 12.9. The Labute approximate surface area is 183 Å². The first-order valence-corrected chi connectivity index (χ1v) is 10.2. The number of carbonyl (C=O) groups excluding carboxylic acids is 3. The van der Waals surface area contributed by atoms with E-state index in [0.29, 0.717) is 17.1 Å². The Kier molecular flexibility index (Phi) is 5.67. The second-order valence-corrected chi connectivity index (χ2v) is 8.09. The average Bonchev–Trinajstić information content (AvgIpc) is 3.29. The first-order valence-electron chi connectivity index (χ1n) is 9.83. The normalized spacial score (nSPS) is 18.4. The number of aromatic nitrogens is 1. The van der Waals surface area contributed by atoms with Crippen LogP contribution >= 0.6 is 11.6 Å². The molecule has 3 amide bonds. The Morgan fingerprint density at radius 3 is 2.68 bits per heavy atom. The van der Waals surface area contributed by atoms with Crippen molar-refractivity contribution >= 4 is 40.2 Å². The molecular weight excluding hydrogens is 418 g/mol. The van der Waals surface area contributed by atoms with Crippen LogP contribution < -0.4 is 22.1 Å². The number of halogens is 1. The molecule has 0 saturated carbocycles. The maximum Gasteiger partial charge on any atom is 0.268 e. The summed E-state index contributed by atoms with van der Waals surface area (Å²) in [7, 11) is 0. The van der Waals surface area contributed by atoms with Gasteiger partial charge in [0.1, 0.15) is 5.69 Å². The molecule has 2 aromatic carbocycles. The Bertz CT molecular complexity index is 1170. The molecule has 8 nitrogen and oxygen atoms in total. The minimum absolute atomic E-state index is 0.225. The SMILES string of the molecule is NC(=O)[C@H](N)CC(=O)N[C@H]1c2ccccc2C[C@H]1NC(=O)c1cc2cc(Cl)ccc2[nH]1. The number of nitrogens with two attached hydrogens (primary N) is 2. The van der Waals surface area contributed by atoms with Crippen LogP contribution in [0.1, 0.15) is 34.1 Å². The molecule has 160 valence electrons. The van der Waals surface area contributed by atoms with Gasteiger partial charge in [-0.3, -0.25) is 14.4 Å². The van der Waals surface area contributed by atoms with Crippen LogP contribution in [-0.2, 0) is 16.0 Å². The summed E-state index contributed by atoms with van der Waals surface area (Å²) in [6, 6.07) is 12.8. The summed E-state index contributed by atoms with van der Waals surface area (Å²) in [6.45, 7) is 0. The fourth-order valence-electron chi connectivity index (χ4n) is 3.91. The van der Waals surface area contributed by atoms with E-state index in [1.807, 2.05) is 30.3 Å². The maximum atomic E-state index is 12.9. The Hall–Kier alpha value is -3.36. The zero-order chi connectivity index (χ0) is 22.1. The van der Waals surface area contributed by atoms with Gasteiger partial charge in [0.2, 0.25) is 11.8 Å². The zero-order valence-corrected chi connectivity index (χ0v) is 17.3. The van der Waals surface area contributed by atoms with Crippen LogP contribution in [0.15, 0.2) is 48.5 Å². The molecule has 7 N–H and O–H groups in total. The number of hydrogen-bond donors (Lipinski definition) is 5. The van der Waals surface area contributed by atoms with Crippen molar-refractivity contribution in [3.8, 4) is 0 Å². The molecule has 0 spiro atoms.